The molecule has 1 aromatic carbocycles. The highest BCUT2D eigenvalue weighted by Gasteiger charge is 2.22. The van der Waals surface area contributed by atoms with Crippen molar-refractivity contribution in [1.82, 2.24) is 0 Å². The van der Waals surface area contributed by atoms with Gasteiger partial charge in [-0.1, -0.05) is 11.6 Å². The molecule has 114 valence electrons. The summed E-state index contributed by atoms with van der Waals surface area (Å²) in [5, 5.41) is 6.87. The highest BCUT2D eigenvalue weighted by molar-refractivity contribution is 6.31. The predicted molar refractivity (Wildman–Crippen MR) is 89.5 cm³/mol. The molecule has 1 aliphatic carbocycles. The van der Waals surface area contributed by atoms with Crippen LogP contribution in [0.25, 0.3) is 0 Å². The number of nitrogens with two attached hydrogens (primary N) is 1. The topological polar surface area (TPSA) is 67.2 Å². The third kappa shape index (κ3) is 6.18. The minimum Gasteiger partial charge on any atom is -0.381 e. The lowest BCUT2D eigenvalue weighted by atomic mass is 10.2. The molecule has 0 heterocycles. The maximum absolute atomic E-state index is 11.7. The number of anilines is 2. The van der Waals surface area contributed by atoms with Crippen molar-refractivity contribution in [3.05, 3.63) is 23.2 Å². The minimum atomic E-state index is -0.0263. The molecular weight excluding hydrogens is 321 g/mol. The van der Waals surface area contributed by atoms with E-state index < -0.39 is 0 Å². The van der Waals surface area contributed by atoms with Crippen molar-refractivity contribution >= 4 is 53.7 Å². The first-order valence-electron chi connectivity index (χ1n) is 6.25. The molecule has 0 saturated heterocycles. The molecule has 20 heavy (non-hydrogen) atoms. The van der Waals surface area contributed by atoms with Crippen LogP contribution < -0.4 is 16.4 Å². The van der Waals surface area contributed by atoms with Crippen LogP contribution in [-0.4, -0.2) is 18.5 Å². The fraction of sp³-hybridized carbons (Fsp3) is 0.462. The van der Waals surface area contributed by atoms with Gasteiger partial charge in [-0.25, -0.2) is 0 Å². The van der Waals surface area contributed by atoms with Crippen LogP contribution in [0.4, 0.5) is 11.4 Å². The normalized spacial score (nSPS) is 12.9. The van der Waals surface area contributed by atoms with Crippen molar-refractivity contribution in [3.63, 3.8) is 0 Å². The number of halogens is 3. The second kappa shape index (κ2) is 9.29. The van der Waals surface area contributed by atoms with Crippen molar-refractivity contribution in [2.24, 2.45) is 5.73 Å². The van der Waals surface area contributed by atoms with Gasteiger partial charge in [-0.3, -0.25) is 4.79 Å². The third-order valence-corrected chi connectivity index (χ3v) is 3.04. The van der Waals surface area contributed by atoms with Crippen LogP contribution in [0.3, 0.4) is 0 Å². The average molecular weight is 341 g/mol. The Balaban J connectivity index is 0.00000180. The first-order chi connectivity index (χ1) is 8.69. The van der Waals surface area contributed by atoms with E-state index in [1.165, 1.54) is 12.8 Å². The summed E-state index contributed by atoms with van der Waals surface area (Å²) in [6, 6.07) is 6.03. The lowest BCUT2D eigenvalue weighted by Crippen LogP contribution is -2.15. The van der Waals surface area contributed by atoms with Gasteiger partial charge >= 0.3 is 0 Å². The van der Waals surface area contributed by atoms with Crippen molar-refractivity contribution in [1.29, 1.82) is 0 Å². The number of carbonyl (C=O) groups is 1. The average Bonchev–Trinajstić information content (AvgIpc) is 3.14. The van der Waals surface area contributed by atoms with Gasteiger partial charge in [0.2, 0.25) is 5.91 Å². The first-order valence-corrected chi connectivity index (χ1v) is 6.63. The van der Waals surface area contributed by atoms with Crippen molar-refractivity contribution in [3.8, 4) is 0 Å². The molecule has 0 atom stereocenters. The Hall–Kier alpha value is -0.680. The SMILES string of the molecule is Cl.Cl.NCCCC(=O)Nc1cc(Cl)ccc1NC1CC1. The Labute approximate surface area is 136 Å². The number of nitrogens with one attached hydrogen (secondary N) is 2. The van der Waals surface area contributed by atoms with E-state index in [0.717, 1.165) is 11.4 Å². The summed E-state index contributed by atoms with van der Waals surface area (Å²) in [4.78, 5) is 11.7. The number of benzene rings is 1. The van der Waals surface area contributed by atoms with Gasteiger partial charge in [-0.2, -0.15) is 0 Å². The Bertz CT molecular complexity index is 439. The van der Waals surface area contributed by atoms with E-state index in [4.69, 9.17) is 17.3 Å². The molecule has 1 amide bonds. The Morgan fingerprint density at radius 1 is 1.30 bits per heavy atom. The van der Waals surface area contributed by atoms with Crippen molar-refractivity contribution in [2.75, 3.05) is 17.2 Å². The molecule has 0 aliphatic heterocycles. The molecule has 0 unspecified atom stereocenters. The zero-order valence-corrected chi connectivity index (χ0v) is 13.4. The van der Waals surface area contributed by atoms with E-state index in [1.54, 1.807) is 6.07 Å². The van der Waals surface area contributed by atoms with Crippen LogP contribution in [0.2, 0.25) is 5.02 Å². The van der Waals surface area contributed by atoms with Crippen molar-refractivity contribution in [2.45, 2.75) is 31.7 Å². The Morgan fingerprint density at radius 3 is 2.60 bits per heavy atom. The van der Waals surface area contributed by atoms with Crippen LogP contribution in [0.5, 0.6) is 0 Å². The number of carbonyl (C=O) groups excluding carboxylic acids is 1. The summed E-state index contributed by atoms with van der Waals surface area (Å²) < 4.78 is 0. The fourth-order valence-electron chi connectivity index (χ4n) is 1.67. The van der Waals surface area contributed by atoms with Crippen LogP contribution in [0.1, 0.15) is 25.7 Å². The molecule has 4 nitrogen and oxygen atoms in total. The van der Waals surface area contributed by atoms with Crippen LogP contribution >= 0.6 is 36.4 Å². The van der Waals surface area contributed by atoms with E-state index >= 15 is 0 Å². The lowest BCUT2D eigenvalue weighted by molar-refractivity contribution is -0.116. The summed E-state index contributed by atoms with van der Waals surface area (Å²) in [6.07, 6.45) is 3.50. The second-order valence-electron chi connectivity index (χ2n) is 4.55. The van der Waals surface area contributed by atoms with Gasteiger partial charge in [0.1, 0.15) is 0 Å². The van der Waals surface area contributed by atoms with Gasteiger partial charge in [0.15, 0.2) is 0 Å². The third-order valence-electron chi connectivity index (χ3n) is 2.80. The van der Waals surface area contributed by atoms with Crippen LogP contribution in [-0.2, 0) is 4.79 Å². The molecule has 0 radical (unpaired) electrons. The molecule has 0 aromatic heterocycles. The zero-order chi connectivity index (χ0) is 13.0. The minimum absolute atomic E-state index is 0. The molecule has 0 spiro atoms. The molecule has 7 heteroatoms. The maximum atomic E-state index is 11.7. The molecule has 1 saturated carbocycles. The molecule has 1 aromatic rings. The number of hydrogen-bond donors (Lipinski definition) is 3. The highest BCUT2D eigenvalue weighted by atomic mass is 35.5. The van der Waals surface area contributed by atoms with Gasteiger partial charge < -0.3 is 16.4 Å². The van der Waals surface area contributed by atoms with E-state index in [2.05, 4.69) is 10.6 Å². The molecule has 2 rings (SSSR count). The highest BCUT2D eigenvalue weighted by Crippen LogP contribution is 2.31. The molecule has 1 fully saturated rings. The molecular formula is C13H20Cl3N3O. The van der Waals surface area contributed by atoms with Gasteiger partial charge in [0, 0.05) is 17.5 Å². The number of rotatable bonds is 6. The van der Waals surface area contributed by atoms with Gasteiger partial charge in [0.05, 0.1) is 11.4 Å². The summed E-state index contributed by atoms with van der Waals surface area (Å²) >= 11 is 5.96. The van der Waals surface area contributed by atoms with Crippen LogP contribution in [0, 0.1) is 0 Å². The fourth-order valence-corrected chi connectivity index (χ4v) is 1.84. The quantitative estimate of drug-likeness (QED) is 0.743. The monoisotopic (exact) mass is 339 g/mol. The largest absolute Gasteiger partial charge is 0.381 e. The predicted octanol–water partition coefficient (Wildman–Crippen LogP) is 3.44. The van der Waals surface area contributed by atoms with Crippen LogP contribution in [0.15, 0.2) is 18.2 Å². The van der Waals surface area contributed by atoms with E-state index in [9.17, 15) is 4.79 Å². The maximum Gasteiger partial charge on any atom is 0.224 e. The summed E-state index contributed by atoms with van der Waals surface area (Å²) in [7, 11) is 0. The lowest BCUT2D eigenvalue weighted by Gasteiger charge is -2.13. The zero-order valence-electron chi connectivity index (χ0n) is 11.0. The first kappa shape index (κ1) is 19.3. The molecule has 4 N–H and O–H groups in total. The standard InChI is InChI=1S/C13H18ClN3O.2ClH/c14-9-3-6-11(16-10-4-5-10)12(8-9)17-13(18)2-1-7-15;;/h3,6,8,10,16H,1-2,4-5,7,15H2,(H,17,18);2*1H. The van der Waals surface area contributed by atoms with E-state index in [0.29, 0.717) is 30.5 Å². The van der Waals surface area contributed by atoms with Gasteiger partial charge in [-0.05, 0) is 44.0 Å². The smallest absolute Gasteiger partial charge is 0.224 e. The number of hydrogen-bond acceptors (Lipinski definition) is 3. The summed E-state index contributed by atoms with van der Waals surface area (Å²) in [5.41, 5.74) is 7.06. The van der Waals surface area contributed by atoms with Crippen molar-refractivity contribution < 1.29 is 4.79 Å². The van der Waals surface area contributed by atoms with Gasteiger partial charge in [0.25, 0.3) is 0 Å². The number of amides is 1. The molecule has 0 bridgehead atoms. The Kier molecular flexibility index (Phi) is 8.98. The second-order valence-corrected chi connectivity index (χ2v) is 4.99. The van der Waals surface area contributed by atoms with Gasteiger partial charge in [-0.15, -0.1) is 24.8 Å². The van der Waals surface area contributed by atoms with E-state index in [-0.39, 0.29) is 30.7 Å². The van der Waals surface area contributed by atoms with E-state index in [1.807, 2.05) is 12.1 Å². The molecule has 1 aliphatic rings. The summed E-state index contributed by atoms with van der Waals surface area (Å²) in [5.74, 6) is -0.0263. The summed E-state index contributed by atoms with van der Waals surface area (Å²) in [6.45, 7) is 0.524. The Morgan fingerprint density at radius 2 is 2.00 bits per heavy atom.